The zero-order chi connectivity index (χ0) is 24.1. The number of aryl methyl sites for hydroxylation is 1. The number of H-pyrrole nitrogens is 1. The molecule has 0 atom stereocenters. The molecule has 172 valence electrons. The van der Waals surface area contributed by atoms with E-state index in [-0.39, 0.29) is 11.3 Å². The third-order valence-electron chi connectivity index (χ3n) is 5.48. The Morgan fingerprint density at radius 3 is 2.41 bits per heavy atom. The van der Waals surface area contributed by atoms with Gasteiger partial charge in [-0.25, -0.2) is 0 Å². The third-order valence-corrected chi connectivity index (χ3v) is 6.06. The summed E-state index contributed by atoms with van der Waals surface area (Å²) in [5.41, 5.74) is 4.41. The van der Waals surface area contributed by atoms with Gasteiger partial charge in [0.1, 0.15) is 5.70 Å². The average molecular weight is 492 g/mol. The quantitative estimate of drug-likeness (QED) is 0.281. The van der Waals surface area contributed by atoms with E-state index in [1.807, 2.05) is 25.1 Å². The lowest BCUT2D eigenvalue weighted by Crippen LogP contribution is -2.35. The van der Waals surface area contributed by atoms with Gasteiger partial charge in [0, 0.05) is 28.2 Å². The molecule has 5 nitrogen and oxygen atoms in total. The number of hydrogen-bond donors (Lipinski definition) is 3. The predicted molar refractivity (Wildman–Crippen MR) is 138 cm³/mol. The lowest BCUT2D eigenvalue weighted by Gasteiger charge is -2.12. The number of carbonyl (C=O) groups excluding carboxylic acids is 2. The molecule has 0 radical (unpaired) electrons. The van der Waals surface area contributed by atoms with E-state index in [9.17, 15) is 9.59 Å². The van der Waals surface area contributed by atoms with Crippen molar-refractivity contribution in [1.82, 2.24) is 15.6 Å². The van der Waals surface area contributed by atoms with Crippen LogP contribution >= 0.6 is 23.2 Å². The second-order valence-electron chi connectivity index (χ2n) is 7.82. The van der Waals surface area contributed by atoms with Crippen LogP contribution in [0, 0.1) is 6.92 Å². The third kappa shape index (κ3) is 5.50. The van der Waals surface area contributed by atoms with E-state index in [0.29, 0.717) is 23.0 Å². The van der Waals surface area contributed by atoms with Crippen molar-refractivity contribution < 1.29 is 9.59 Å². The first kappa shape index (κ1) is 23.6. The number of halogens is 2. The Labute approximate surface area is 207 Å². The Kier molecular flexibility index (Phi) is 7.36. The van der Waals surface area contributed by atoms with Gasteiger partial charge in [0.15, 0.2) is 0 Å². The molecule has 0 aliphatic rings. The van der Waals surface area contributed by atoms with Gasteiger partial charge in [-0.2, -0.15) is 0 Å². The van der Waals surface area contributed by atoms with Crippen LogP contribution in [0.3, 0.4) is 0 Å². The van der Waals surface area contributed by atoms with Crippen LogP contribution < -0.4 is 10.6 Å². The number of aromatic nitrogens is 1. The van der Waals surface area contributed by atoms with Crippen LogP contribution in [0.1, 0.15) is 27.2 Å². The summed E-state index contributed by atoms with van der Waals surface area (Å²) < 4.78 is 0. The van der Waals surface area contributed by atoms with E-state index in [1.54, 1.807) is 54.6 Å². The molecule has 0 aliphatic carbocycles. The van der Waals surface area contributed by atoms with Crippen molar-refractivity contribution in [2.75, 3.05) is 6.54 Å². The second-order valence-corrected chi connectivity index (χ2v) is 8.67. The van der Waals surface area contributed by atoms with E-state index in [4.69, 9.17) is 23.2 Å². The standard InChI is InChI=1S/C27H23Cl2N3O2/c1-17-20(21-6-3-5-9-24(21)31-17)14-15-30-27(34)25(16-18-10-12-19(28)13-11-18)32-26(33)22-7-2-4-8-23(22)29/h2-13,16,31H,14-15H2,1H3,(H,30,34)(H,32,33)/b25-16-. The summed E-state index contributed by atoms with van der Waals surface area (Å²) in [6, 6.07) is 21.7. The Bertz CT molecular complexity index is 1370. The number of aromatic amines is 1. The lowest BCUT2D eigenvalue weighted by molar-refractivity contribution is -0.117. The highest BCUT2D eigenvalue weighted by Gasteiger charge is 2.17. The van der Waals surface area contributed by atoms with Crippen molar-refractivity contribution in [3.8, 4) is 0 Å². The zero-order valence-electron chi connectivity index (χ0n) is 18.5. The van der Waals surface area contributed by atoms with Crippen molar-refractivity contribution in [2.24, 2.45) is 0 Å². The normalized spacial score (nSPS) is 11.4. The molecular formula is C27H23Cl2N3O2. The molecule has 7 heteroatoms. The lowest BCUT2D eigenvalue weighted by atomic mass is 10.1. The Morgan fingerprint density at radius 1 is 0.941 bits per heavy atom. The second kappa shape index (κ2) is 10.6. The van der Waals surface area contributed by atoms with Gasteiger partial charge < -0.3 is 15.6 Å². The summed E-state index contributed by atoms with van der Waals surface area (Å²) in [5, 5.41) is 7.65. The van der Waals surface area contributed by atoms with Crippen molar-refractivity contribution in [2.45, 2.75) is 13.3 Å². The number of para-hydroxylation sites is 1. The highest BCUT2D eigenvalue weighted by Crippen LogP contribution is 2.22. The van der Waals surface area contributed by atoms with Crippen LogP contribution in [0.2, 0.25) is 10.0 Å². The molecule has 3 N–H and O–H groups in total. The molecule has 3 aromatic carbocycles. The van der Waals surface area contributed by atoms with Crippen molar-refractivity contribution >= 4 is 52.0 Å². The number of benzene rings is 3. The minimum absolute atomic E-state index is 0.114. The average Bonchev–Trinajstić information content (AvgIpc) is 3.15. The Hall–Kier alpha value is -3.54. The molecule has 0 fully saturated rings. The fourth-order valence-corrected chi connectivity index (χ4v) is 4.12. The maximum atomic E-state index is 13.1. The molecule has 1 aromatic heterocycles. The van der Waals surface area contributed by atoms with Gasteiger partial charge in [0.2, 0.25) is 0 Å². The number of nitrogens with one attached hydrogen (secondary N) is 3. The summed E-state index contributed by atoms with van der Waals surface area (Å²) in [7, 11) is 0. The molecular weight excluding hydrogens is 469 g/mol. The Morgan fingerprint density at radius 2 is 1.65 bits per heavy atom. The van der Waals surface area contributed by atoms with Crippen LogP contribution in [0.15, 0.2) is 78.5 Å². The molecule has 1 heterocycles. The molecule has 4 rings (SSSR count). The van der Waals surface area contributed by atoms with Crippen molar-refractivity contribution in [3.63, 3.8) is 0 Å². The van der Waals surface area contributed by atoms with Crippen LogP contribution in [0.4, 0.5) is 0 Å². The van der Waals surface area contributed by atoms with Gasteiger partial charge in [0.25, 0.3) is 11.8 Å². The number of hydrogen-bond acceptors (Lipinski definition) is 2. The molecule has 0 aliphatic heterocycles. The summed E-state index contributed by atoms with van der Waals surface area (Å²) >= 11 is 12.1. The molecule has 2 amide bonds. The molecule has 0 spiro atoms. The number of fused-ring (bicyclic) bond motifs is 1. The van der Waals surface area contributed by atoms with E-state index in [2.05, 4.69) is 21.7 Å². The molecule has 0 unspecified atom stereocenters. The topological polar surface area (TPSA) is 74.0 Å². The van der Waals surface area contributed by atoms with Gasteiger partial charge in [-0.05, 0) is 60.9 Å². The van der Waals surface area contributed by atoms with Crippen molar-refractivity contribution in [3.05, 3.63) is 111 Å². The van der Waals surface area contributed by atoms with E-state index >= 15 is 0 Å². The largest absolute Gasteiger partial charge is 0.358 e. The van der Waals surface area contributed by atoms with Crippen LogP contribution in [-0.2, 0) is 11.2 Å². The molecule has 0 saturated heterocycles. The van der Waals surface area contributed by atoms with E-state index < -0.39 is 11.8 Å². The molecule has 0 saturated carbocycles. The number of carbonyl (C=O) groups is 2. The van der Waals surface area contributed by atoms with Gasteiger partial charge in [-0.3, -0.25) is 9.59 Å². The maximum Gasteiger partial charge on any atom is 0.267 e. The summed E-state index contributed by atoms with van der Waals surface area (Å²) in [6.07, 6.45) is 2.26. The van der Waals surface area contributed by atoms with E-state index in [0.717, 1.165) is 27.7 Å². The molecule has 4 aromatic rings. The fourth-order valence-electron chi connectivity index (χ4n) is 3.77. The first-order chi connectivity index (χ1) is 16.4. The summed E-state index contributed by atoms with van der Waals surface area (Å²) in [5.74, 6) is -0.860. The number of rotatable bonds is 7. The van der Waals surface area contributed by atoms with Crippen LogP contribution in [0.5, 0.6) is 0 Å². The van der Waals surface area contributed by atoms with Gasteiger partial charge in [-0.15, -0.1) is 0 Å². The van der Waals surface area contributed by atoms with E-state index in [1.165, 1.54) is 0 Å². The minimum Gasteiger partial charge on any atom is -0.358 e. The SMILES string of the molecule is Cc1[nH]c2ccccc2c1CCNC(=O)/C(=C/c1ccc(Cl)cc1)NC(=O)c1ccccc1Cl. The summed E-state index contributed by atoms with van der Waals surface area (Å²) in [6.45, 7) is 2.42. The van der Waals surface area contributed by atoms with Gasteiger partial charge in [-0.1, -0.05) is 65.7 Å². The first-order valence-electron chi connectivity index (χ1n) is 10.8. The monoisotopic (exact) mass is 491 g/mol. The van der Waals surface area contributed by atoms with Crippen molar-refractivity contribution in [1.29, 1.82) is 0 Å². The van der Waals surface area contributed by atoms with Gasteiger partial charge in [0.05, 0.1) is 10.6 Å². The fraction of sp³-hybridized carbons (Fsp3) is 0.111. The highest BCUT2D eigenvalue weighted by molar-refractivity contribution is 6.34. The van der Waals surface area contributed by atoms with Crippen LogP contribution in [-0.4, -0.2) is 23.3 Å². The number of amides is 2. The highest BCUT2D eigenvalue weighted by atomic mass is 35.5. The molecule has 34 heavy (non-hydrogen) atoms. The maximum absolute atomic E-state index is 13.1. The van der Waals surface area contributed by atoms with Gasteiger partial charge >= 0.3 is 0 Å². The summed E-state index contributed by atoms with van der Waals surface area (Å²) in [4.78, 5) is 29.3. The minimum atomic E-state index is -0.464. The predicted octanol–water partition coefficient (Wildman–Crippen LogP) is 5.91. The van der Waals surface area contributed by atoms with Crippen LogP contribution in [0.25, 0.3) is 17.0 Å². The Balaban J connectivity index is 1.52. The first-order valence-corrected chi connectivity index (χ1v) is 11.6. The molecule has 0 bridgehead atoms. The smallest absolute Gasteiger partial charge is 0.267 e. The zero-order valence-corrected chi connectivity index (χ0v) is 20.0.